The van der Waals surface area contributed by atoms with E-state index in [0.29, 0.717) is 5.75 Å². The van der Waals surface area contributed by atoms with Crippen molar-refractivity contribution in [3.63, 3.8) is 0 Å². The Bertz CT molecular complexity index is 708. The van der Waals surface area contributed by atoms with Gasteiger partial charge in [0.15, 0.2) is 6.10 Å². The van der Waals surface area contributed by atoms with E-state index in [-0.39, 0.29) is 5.91 Å². The molecule has 1 N–H and O–H groups in total. The number of rotatable bonds is 5. The van der Waals surface area contributed by atoms with Gasteiger partial charge in [-0.1, -0.05) is 24.3 Å². The summed E-state index contributed by atoms with van der Waals surface area (Å²) in [5.74, 6) is 0.577. The third kappa shape index (κ3) is 3.88. The third-order valence-electron chi connectivity index (χ3n) is 4.28. The zero-order chi connectivity index (χ0) is 16.9. The highest BCUT2D eigenvalue weighted by Gasteiger charge is 2.19. The van der Waals surface area contributed by atoms with Gasteiger partial charge in [0.2, 0.25) is 0 Å². The highest BCUT2D eigenvalue weighted by atomic mass is 16.5. The lowest BCUT2D eigenvalue weighted by Gasteiger charge is -2.22. The Morgan fingerprint density at radius 3 is 2.62 bits per heavy atom. The quantitative estimate of drug-likeness (QED) is 0.904. The minimum absolute atomic E-state index is 0.136. The summed E-state index contributed by atoms with van der Waals surface area (Å²) in [6.07, 6.45) is 1.85. The van der Waals surface area contributed by atoms with Gasteiger partial charge in [-0.2, -0.15) is 0 Å². The van der Waals surface area contributed by atoms with E-state index in [2.05, 4.69) is 16.3 Å². The lowest BCUT2D eigenvalue weighted by Crippen LogP contribution is -2.31. The van der Waals surface area contributed by atoms with Crippen LogP contribution in [-0.4, -0.2) is 25.1 Å². The lowest BCUT2D eigenvalue weighted by molar-refractivity contribution is -0.122. The van der Waals surface area contributed by atoms with Gasteiger partial charge in [0.1, 0.15) is 5.75 Å². The zero-order valence-electron chi connectivity index (χ0n) is 14.3. The van der Waals surface area contributed by atoms with E-state index >= 15 is 0 Å². The summed E-state index contributed by atoms with van der Waals surface area (Å²) < 4.78 is 5.77. The van der Waals surface area contributed by atoms with Crippen LogP contribution in [0.2, 0.25) is 0 Å². The number of carbonyl (C=O) groups excluding carboxylic acids is 1. The number of nitrogens with zero attached hydrogens (tertiary/aromatic N) is 1. The molecule has 0 unspecified atom stereocenters. The first-order valence-corrected chi connectivity index (χ1v) is 8.51. The Morgan fingerprint density at radius 2 is 1.88 bits per heavy atom. The summed E-state index contributed by atoms with van der Waals surface area (Å²) in [5.41, 5.74) is 3.05. The number of amides is 1. The van der Waals surface area contributed by atoms with Gasteiger partial charge < -0.3 is 15.0 Å². The number of aryl methyl sites for hydroxylation is 1. The molecule has 0 aliphatic carbocycles. The molecule has 4 nitrogen and oxygen atoms in total. The van der Waals surface area contributed by atoms with Crippen LogP contribution < -0.4 is 15.0 Å². The highest BCUT2D eigenvalue weighted by molar-refractivity contribution is 5.97. The fourth-order valence-corrected chi connectivity index (χ4v) is 2.99. The summed E-state index contributed by atoms with van der Waals surface area (Å²) in [7, 11) is 0. The number of hydrogen-bond donors (Lipinski definition) is 1. The molecule has 0 saturated carbocycles. The van der Waals surface area contributed by atoms with Gasteiger partial charge in [-0.25, -0.2) is 0 Å². The number of anilines is 2. The normalized spacial score (nSPS) is 15.2. The molecular weight excluding hydrogens is 300 g/mol. The van der Waals surface area contributed by atoms with Crippen molar-refractivity contribution in [1.29, 1.82) is 0 Å². The fraction of sp³-hybridized carbons (Fsp3) is 0.350. The van der Waals surface area contributed by atoms with Crippen LogP contribution in [0.4, 0.5) is 11.4 Å². The molecule has 0 bridgehead atoms. The summed E-state index contributed by atoms with van der Waals surface area (Å²) >= 11 is 0. The predicted octanol–water partition coefficient (Wildman–Crippen LogP) is 4.00. The van der Waals surface area contributed by atoms with Crippen LogP contribution in [0.3, 0.4) is 0 Å². The summed E-state index contributed by atoms with van der Waals surface area (Å²) in [6, 6.07) is 15.7. The molecule has 1 heterocycles. The fourth-order valence-electron chi connectivity index (χ4n) is 2.99. The molecule has 2 aromatic carbocycles. The van der Waals surface area contributed by atoms with E-state index in [1.54, 1.807) is 6.92 Å². The largest absolute Gasteiger partial charge is 0.481 e. The van der Waals surface area contributed by atoms with Gasteiger partial charge in [0.25, 0.3) is 5.91 Å². The van der Waals surface area contributed by atoms with Gasteiger partial charge in [-0.3, -0.25) is 4.79 Å². The van der Waals surface area contributed by atoms with E-state index in [9.17, 15) is 4.79 Å². The van der Waals surface area contributed by atoms with E-state index in [4.69, 9.17) is 4.74 Å². The van der Waals surface area contributed by atoms with Crippen LogP contribution in [0.25, 0.3) is 0 Å². The number of carbonyl (C=O) groups is 1. The third-order valence-corrected chi connectivity index (χ3v) is 4.28. The van der Waals surface area contributed by atoms with E-state index in [1.165, 1.54) is 12.8 Å². The predicted molar refractivity (Wildman–Crippen MR) is 97.8 cm³/mol. The molecule has 126 valence electrons. The molecule has 2 aromatic rings. The van der Waals surface area contributed by atoms with Crippen molar-refractivity contribution in [3.8, 4) is 5.75 Å². The number of hydrogen-bond acceptors (Lipinski definition) is 3. The van der Waals surface area contributed by atoms with Gasteiger partial charge in [0.05, 0.1) is 11.4 Å². The Balaban J connectivity index is 1.68. The molecule has 24 heavy (non-hydrogen) atoms. The summed E-state index contributed by atoms with van der Waals surface area (Å²) in [4.78, 5) is 14.8. The topological polar surface area (TPSA) is 41.6 Å². The first-order chi connectivity index (χ1) is 11.6. The minimum Gasteiger partial charge on any atom is -0.481 e. The van der Waals surface area contributed by atoms with Gasteiger partial charge in [0, 0.05) is 13.1 Å². The average Bonchev–Trinajstić information content (AvgIpc) is 3.09. The van der Waals surface area contributed by atoms with Crippen LogP contribution >= 0.6 is 0 Å². The first-order valence-electron chi connectivity index (χ1n) is 8.51. The molecule has 0 aromatic heterocycles. The molecule has 1 saturated heterocycles. The van der Waals surface area contributed by atoms with Crippen molar-refractivity contribution in [1.82, 2.24) is 0 Å². The Kier molecular flexibility index (Phi) is 5.04. The Labute approximate surface area is 143 Å². The van der Waals surface area contributed by atoms with Gasteiger partial charge in [-0.15, -0.1) is 0 Å². The Morgan fingerprint density at radius 1 is 1.12 bits per heavy atom. The van der Waals surface area contributed by atoms with Crippen molar-refractivity contribution >= 4 is 17.3 Å². The molecule has 3 rings (SSSR count). The van der Waals surface area contributed by atoms with Gasteiger partial charge in [-0.05, 0) is 56.5 Å². The molecular formula is C20H24N2O2. The molecule has 1 amide bonds. The number of ether oxygens (including phenoxy) is 1. The molecule has 1 aliphatic rings. The van der Waals surface area contributed by atoms with Crippen molar-refractivity contribution in [3.05, 3.63) is 54.1 Å². The second-order valence-corrected chi connectivity index (χ2v) is 6.28. The van der Waals surface area contributed by atoms with Crippen molar-refractivity contribution < 1.29 is 9.53 Å². The standard InChI is InChI=1S/C20H24N2O2/c1-15-8-7-9-17(14-15)24-16(2)20(23)21-18-10-3-4-11-19(18)22-12-5-6-13-22/h3-4,7-11,14,16H,5-6,12-13H2,1-2H3,(H,21,23)/t16-/m1/s1. The first kappa shape index (κ1) is 16.4. The average molecular weight is 324 g/mol. The maximum atomic E-state index is 12.5. The number of benzene rings is 2. The molecule has 1 aliphatic heterocycles. The van der Waals surface area contributed by atoms with Crippen molar-refractivity contribution in [2.75, 3.05) is 23.3 Å². The molecule has 4 heteroatoms. The SMILES string of the molecule is Cc1cccc(O[C@H](C)C(=O)Nc2ccccc2N2CCCC2)c1. The van der Waals surface area contributed by atoms with Gasteiger partial charge >= 0.3 is 0 Å². The zero-order valence-corrected chi connectivity index (χ0v) is 14.3. The van der Waals surface area contributed by atoms with Crippen molar-refractivity contribution in [2.45, 2.75) is 32.8 Å². The second kappa shape index (κ2) is 7.39. The van der Waals surface area contributed by atoms with Crippen molar-refractivity contribution in [2.24, 2.45) is 0 Å². The maximum absolute atomic E-state index is 12.5. The van der Waals surface area contributed by atoms with E-state index in [0.717, 1.165) is 30.0 Å². The second-order valence-electron chi connectivity index (χ2n) is 6.28. The molecule has 1 atom stereocenters. The molecule has 1 fully saturated rings. The van der Waals surface area contributed by atoms with Crippen LogP contribution in [0.15, 0.2) is 48.5 Å². The van der Waals surface area contributed by atoms with Crippen LogP contribution in [0.5, 0.6) is 5.75 Å². The molecule has 0 radical (unpaired) electrons. The summed E-state index contributed by atoms with van der Waals surface area (Å²) in [6.45, 7) is 5.87. The smallest absolute Gasteiger partial charge is 0.265 e. The minimum atomic E-state index is -0.557. The Hall–Kier alpha value is -2.49. The number of nitrogens with one attached hydrogen (secondary N) is 1. The lowest BCUT2D eigenvalue weighted by atomic mass is 10.2. The highest BCUT2D eigenvalue weighted by Crippen LogP contribution is 2.28. The maximum Gasteiger partial charge on any atom is 0.265 e. The van der Waals surface area contributed by atoms with E-state index in [1.807, 2.05) is 49.4 Å². The monoisotopic (exact) mass is 324 g/mol. The number of para-hydroxylation sites is 2. The van der Waals surface area contributed by atoms with Crippen LogP contribution in [0.1, 0.15) is 25.3 Å². The van der Waals surface area contributed by atoms with Crippen LogP contribution in [0, 0.1) is 6.92 Å². The summed E-state index contributed by atoms with van der Waals surface area (Å²) in [5, 5.41) is 3.02. The van der Waals surface area contributed by atoms with Crippen LogP contribution in [-0.2, 0) is 4.79 Å². The molecule has 0 spiro atoms. The van der Waals surface area contributed by atoms with E-state index < -0.39 is 6.10 Å².